The Hall–Kier alpha value is 0.230. The van der Waals surface area contributed by atoms with Crippen LogP contribution in [0.3, 0.4) is 0 Å². The summed E-state index contributed by atoms with van der Waals surface area (Å²) in [6, 6.07) is 0.499. The summed E-state index contributed by atoms with van der Waals surface area (Å²) in [7, 11) is 0. The van der Waals surface area contributed by atoms with Crippen molar-refractivity contribution in [2.45, 2.75) is 39.3 Å². The molecule has 16 heavy (non-hydrogen) atoms. The van der Waals surface area contributed by atoms with Crippen molar-refractivity contribution in [2.24, 2.45) is 0 Å². The zero-order valence-corrected chi connectivity index (χ0v) is 12.0. The van der Waals surface area contributed by atoms with Gasteiger partial charge in [-0.3, -0.25) is 0 Å². The van der Waals surface area contributed by atoms with Gasteiger partial charge in [0.2, 0.25) is 0 Å². The van der Waals surface area contributed by atoms with Gasteiger partial charge in [0, 0.05) is 19.1 Å². The lowest BCUT2D eigenvalue weighted by atomic mass is 10.2. The van der Waals surface area contributed by atoms with Gasteiger partial charge in [-0.25, -0.2) is 0 Å². The highest BCUT2D eigenvalue weighted by atomic mass is 32.2. The highest BCUT2D eigenvalue weighted by Crippen LogP contribution is 2.00. The Morgan fingerprint density at radius 3 is 2.44 bits per heavy atom. The minimum Gasteiger partial charge on any atom is -0.390 e. The maximum atomic E-state index is 9.85. The van der Waals surface area contributed by atoms with E-state index in [1.54, 1.807) is 0 Å². The van der Waals surface area contributed by atoms with Crippen LogP contribution >= 0.6 is 11.8 Å². The van der Waals surface area contributed by atoms with Gasteiger partial charge in [-0.15, -0.1) is 0 Å². The second kappa shape index (κ2) is 10.4. The zero-order valence-electron chi connectivity index (χ0n) is 11.2. The van der Waals surface area contributed by atoms with Gasteiger partial charge in [-0.1, -0.05) is 13.8 Å². The van der Waals surface area contributed by atoms with Gasteiger partial charge in [0.05, 0.1) is 6.10 Å². The first kappa shape index (κ1) is 16.2. The molecule has 0 rings (SSSR count). The molecule has 4 heteroatoms. The van der Waals surface area contributed by atoms with Crippen molar-refractivity contribution in [3.63, 3.8) is 0 Å². The van der Waals surface area contributed by atoms with E-state index in [0.29, 0.717) is 12.6 Å². The molecule has 98 valence electrons. The van der Waals surface area contributed by atoms with Crippen molar-refractivity contribution in [1.82, 2.24) is 10.2 Å². The van der Waals surface area contributed by atoms with Crippen LogP contribution in [0, 0.1) is 0 Å². The maximum absolute atomic E-state index is 9.85. The first-order valence-electron chi connectivity index (χ1n) is 6.26. The molecule has 2 unspecified atom stereocenters. The number of nitrogens with one attached hydrogen (secondary N) is 1. The number of aliphatic hydroxyl groups is 1. The largest absolute Gasteiger partial charge is 0.390 e. The van der Waals surface area contributed by atoms with Gasteiger partial charge >= 0.3 is 0 Å². The molecular weight excluding hydrogens is 220 g/mol. The lowest BCUT2D eigenvalue weighted by molar-refractivity contribution is 0.114. The quantitative estimate of drug-likeness (QED) is 0.613. The normalized spacial score (nSPS) is 15.4. The molecule has 0 aromatic carbocycles. The molecule has 0 saturated carbocycles. The zero-order chi connectivity index (χ0) is 12.4. The Balaban J connectivity index is 3.59. The number of nitrogens with zero attached hydrogens (tertiary/aromatic N) is 1. The predicted molar refractivity (Wildman–Crippen MR) is 74.3 cm³/mol. The van der Waals surface area contributed by atoms with E-state index in [0.717, 1.165) is 19.6 Å². The Bertz CT molecular complexity index is 154. The Kier molecular flexibility index (Phi) is 10.5. The number of hydrogen-bond acceptors (Lipinski definition) is 4. The fourth-order valence-corrected chi connectivity index (χ4v) is 2.17. The molecule has 0 bridgehead atoms. The van der Waals surface area contributed by atoms with Crippen molar-refractivity contribution in [3.8, 4) is 0 Å². The average molecular weight is 248 g/mol. The van der Waals surface area contributed by atoms with Crippen LogP contribution in [0.5, 0.6) is 0 Å². The highest BCUT2D eigenvalue weighted by Gasteiger charge is 2.10. The van der Waals surface area contributed by atoms with E-state index in [1.165, 1.54) is 12.2 Å². The molecule has 0 aromatic rings. The summed E-state index contributed by atoms with van der Waals surface area (Å²) in [6.07, 6.45) is 3.04. The lowest BCUT2D eigenvalue weighted by Crippen LogP contribution is -2.40. The molecule has 2 atom stereocenters. The molecule has 0 radical (unpaired) electrons. The van der Waals surface area contributed by atoms with Gasteiger partial charge in [-0.2, -0.15) is 11.8 Å². The molecule has 0 saturated heterocycles. The van der Waals surface area contributed by atoms with Gasteiger partial charge < -0.3 is 15.3 Å². The molecule has 0 aliphatic carbocycles. The van der Waals surface area contributed by atoms with Crippen molar-refractivity contribution >= 4 is 11.8 Å². The van der Waals surface area contributed by atoms with E-state index in [9.17, 15) is 5.11 Å². The van der Waals surface area contributed by atoms with Crippen LogP contribution in [0.2, 0.25) is 0 Å². The van der Waals surface area contributed by atoms with E-state index >= 15 is 0 Å². The highest BCUT2D eigenvalue weighted by molar-refractivity contribution is 7.98. The van der Waals surface area contributed by atoms with Crippen LogP contribution < -0.4 is 5.32 Å². The van der Waals surface area contributed by atoms with Crippen molar-refractivity contribution in [3.05, 3.63) is 0 Å². The second-order valence-corrected chi connectivity index (χ2v) is 5.22. The monoisotopic (exact) mass is 248 g/mol. The van der Waals surface area contributed by atoms with Gasteiger partial charge in [-0.05, 0) is 38.4 Å². The minimum atomic E-state index is -0.253. The number of hydrogen-bond donors (Lipinski definition) is 2. The average Bonchev–Trinajstić information content (AvgIpc) is 2.30. The lowest BCUT2D eigenvalue weighted by Gasteiger charge is -2.23. The summed E-state index contributed by atoms with van der Waals surface area (Å²) < 4.78 is 0. The summed E-state index contributed by atoms with van der Waals surface area (Å²) >= 11 is 1.87. The molecule has 0 amide bonds. The summed E-state index contributed by atoms with van der Waals surface area (Å²) in [5.41, 5.74) is 0. The summed E-state index contributed by atoms with van der Waals surface area (Å²) in [6.45, 7) is 9.93. The minimum absolute atomic E-state index is 0.253. The van der Waals surface area contributed by atoms with Gasteiger partial charge in [0.15, 0.2) is 0 Å². The summed E-state index contributed by atoms with van der Waals surface area (Å²) in [5, 5.41) is 13.2. The molecule has 0 fully saturated rings. The number of rotatable bonds is 10. The third-order valence-corrected chi connectivity index (χ3v) is 3.46. The Morgan fingerprint density at radius 2 is 1.94 bits per heavy atom. The topological polar surface area (TPSA) is 35.5 Å². The number of aliphatic hydroxyl groups excluding tert-OH is 1. The van der Waals surface area contributed by atoms with E-state index in [-0.39, 0.29) is 6.10 Å². The molecular formula is C12H28N2OS. The van der Waals surface area contributed by atoms with E-state index < -0.39 is 0 Å². The first-order chi connectivity index (χ1) is 7.63. The SMILES string of the molecule is CCN(CC)CC(O)CNC(C)CCSC. The molecule has 0 aliphatic heterocycles. The second-order valence-electron chi connectivity index (χ2n) is 4.23. The fraction of sp³-hybridized carbons (Fsp3) is 1.00. The standard InChI is InChI=1S/C12H28N2OS/c1-5-14(6-2)10-12(15)9-13-11(3)7-8-16-4/h11-13,15H,5-10H2,1-4H3. The predicted octanol–water partition coefficient (Wildman–Crippen LogP) is 1.42. The van der Waals surface area contributed by atoms with E-state index in [2.05, 4.69) is 37.2 Å². The third-order valence-electron chi connectivity index (χ3n) is 2.82. The molecule has 0 spiro atoms. The molecule has 0 heterocycles. The van der Waals surface area contributed by atoms with Gasteiger partial charge in [0.1, 0.15) is 0 Å². The van der Waals surface area contributed by atoms with Gasteiger partial charge in [0.25, 0.3) is 0 Å². The van der Waals surface area contributed by atoms with Crippen LogP contribution in [0.4, 0.5) is 0 Å². The van der Waals surface area contributed by atoms with Crippen LogP contribution in [0.1, 0.15) is 27.2 Å². The molecule has 3 nitrogen and oxygen atoms in total. The molecule has 2 N–H and O–H groups in total. The van der Waals surface area contributed by atoms with Crippen LogP contribution in [-0.4, -0.2) is 60.3 Å². The maximum Gasteiger partial charge on any atom is 0.0791 e. The Morgan fingerprint density at radius 1 is 1.31 bits per heavy atom. The van der Waals surface area contributed by atoms with Crippen LogP contribution in [-0.2, 0) is 0 Å². The van der Waals surface area contributed by atoms with E-state index in [1.807, 2.05) is 11.8 Å². The fourth-order valence-electron chi connectivity index (χ4n) is 1.58. The van der Waals surface area contributed by atoms with Crippen LogP contribution in [0.25, 0.3) is 0 Å². The first-order valence-corrected chi connectivity index (χ1v) is 7.66. The Labute approximate surface area is 105 Å². The van der Waals surface area contributed by atoms with Crippen molar-refractivity contribution in [2.75, 3.05) is 38.2 Å². The van der Waals surface area contributed by atoms with Crippen molar-refractivity contribution in [1.29, 1.82) is 0 Å². The van der Waals surface area contributed by atoms with E-state index in [4.69, 9.17) is 0 Å². The third kappa shape index (κ3) is 8.39. The molecule has 0 aromatic heterocycles. The van der Waals surface area contributed by atoms with Crippen LogP contribution in [0.15, 0.2) is 0 Å². The number of thioether (sulfide) groups is 1. The summed E-state index contributed by atoms with van der Waals surface area (Å²) in [5.74, 6) is 1.18. The molecule has 0 aliphatic rings. The smallest absolute Gasteiger partial charge is 0.0791 e. The summed E-state index contributed by atoms with van der Waals surface area (Å²) in [4.78, 5) is 2.25. The van der Waals surface area contributed by atoms with Crippen molar-refractivity contribution < 1.29 is 5.11 Å². The number of likely N-dealkylation sites (N-methyl/N-ethyl adjacent to an activating group) is 1.